The fourth-order valence-corrected chi connectivity index (χ4v) is 8.97. The van der Waals surface area contributed by atoms with Gasteiger partial charge in [-0.15, -0.1) is 0 Å². The second kappa shape index (κ2) is 14.2. The summed E-state index contributed by atoms with van der Waals surface area (Å²) in [5.74, 6) is -41.2. The van der Waals surface area contributed by atoms with Crippen LogP contribution in [0.25, 0.3) is 11.1 Å². The van der Waals surface area contributed by atoms with Gasteiger partial charge in [-0.2, -0.15) is 0 Å². The lowest BCUT2D eigenvalue weighted by Crippen LogP contribution is -2.67. The predicted molar refractivity (Wildman–Crippen MR) is 207 cm³/mol. The Labute approximate surface area is 378 Å². The Bertz CT molecular complexity index is 3130. The van der Waals surface area contributed by atoms with E-state index in [-0.39, 0.29) is 6.08 Å². The highest BCUT2D eigenvalue weighted by molar-refractivity contribution is 6.25. The number of hydrogen-bond donors (Lipinski definition) is 14. The predicted octanol–water partition coefficient (Wildman–Crippen LogP) is -1.31. The molecule has 27 nitrogen and oxygen atoms in total. The molecule has 358 valence electrons. The Morgan fingerprint density at radius 2 is 1.22 bits per heavy atom. The Morgan fingerprint density at radius 1 is 0.609 bits per heavy atom. The second-order valence-corrected chi connectivity index (χ2v) is 16.2. The summed E-state index contributed by atoms with van der Waals surface area (Å²) in [7, 11) is 0. The maximum Gasteiger partial charge on any atom is 0.340 e. The van der Waals surface area contributed by atoms with E-state index in [9.17, 15) is 90.7 Å². The van der Waals surface area contributed by atoms with Crippen LogP contribution < -0.4 is 4.74 Å². The normalized spacial score (nSPS) is 28.3. The van der Waals surface area contributed by atoms with Crippen molar-refractivity contribution in [2.45, 2.75) is 54.0 Å². The number of cyclic esters (lactones) is 1. The second-order valence-electron chi connectivity index (χ2n) is 16.2. The molecule has 10 rings (SSSR count). The van der Waals surface area contributed by atoms with E-state index in [0.29, 0.717) is 30.3 Å². The van der Waals surface area contributed by atoms with Crippen LogP contribution in [0.1, 0.15) is 52.9 Å². The zero-order valence-electron chi connectivity index (χ0n) is 33.7. The van der Waals surface area contributed by atoms with Crippen molar-refractivity contribution in [1.82, 2.24) is 0 Å². The van der Waals surface area contributed by atoms with Crippen molar-refractivity contribution in [3.8, 4) is 80.1 Å². The fourth-order valence-electron chi connectivity index (χ4n) is 8.97. The molecule has 8 atom stereocenters. The molecule has 2 saturated heterocycles. The van der Waals surface area contributed by atoms with E-state index in [1.807, 2.05) is 0 Å². The molecule has 6 aliphatic rings. The summed E-state index contributed by atoms with van der Waals surface area (Å²) in [4.78, 5) is 86.8. The molecule has 1 aliphatic carbocycles. The molecule has 0 amide bonds. The number of aliphatic hydroxyl groups is 3. The molecule has 27 heteroatoms. The SMILES string of the molecule is O=C(O[C@@H]1O[C@@H]2COC(=O)c3cc(O)c(O)c(O)c3-c3cc(c(O)c(O)c3O)C(=O)[C@@]34O[C@@H]([C@H]2O3)[C@H]1OC(=O)c1cc(O)c(O)c2c1[C@@H]1C(=CC(=O)C(O)(O)[C@]1(O)O2)C4=O)c1cc(O)c(O)c(O)c1. The van der Waals surface area contributed by atoms with Gasteiger partial charge in [0.15, 0.2) is 57.8 Å². The van der Waals surface area contributed by atoms with E-state index in [2.05, 4.69) is 0 Å². The minimum atomic E-state index is -4.13. The van der Waals surface area contributed by atoms with E-state index in [1.165, 1.54) is 0 Å². The highest BCUT2D eigenvalue weighted by Crippen LogP contribution is 2.61. The molecule has 0 unspecified atom stereocenters. The van der Waals surface area contributed by atoms with Crippen LogP contribution in [0, 0.1) is 0 Å². The molecule has 0 saturated carbocycles. The van der Waals surface area contributed by atoms with Crippen LogP contribution in [-0.2, 0) is 38.0 Å². The number of aromatic hydroxyl groups is 11. The largest absolute Gasteiger partial charge is 0.504 e. The molecule has 0 radical (unpaired) electrons. The minimum Gasteiger partial charge on any atom is -0.504 e. The van der Waals surface area contributed by atoms with E-state index in [0.717, 1.165) is 0 Å². The average molecular weight is 965 g/mol. The van der Waals surface area contributed by atoms with E-state index < -0.39 is 209 Å². The zero-order chi connectivity index (χ0) is 49.9. The summed E-state index contributed by atoms with van der Waals surface area (Å²) < 4.78 is 40.1. The molecule has 5 aliphatic heterocycles. The van der Waals surface area contributed by atoms with Gasteiger partial charge in [-0.1, -0.05) is 0 Å². The third-order valence-corrected chi connectivity index (χ3v) is 12.3. The van der Waals surface area contributed by atoms with Crippen molar-refractivity contribution in [1.29, 1.82) is 0 Å². The third kappa shape index (κ3) is 5.76. The van der Waals surface area contributed by atoms with Crippen LogP contribution in [0.5, 0.6) is 69.0 Å². The monoisotopic (exact) mass is 964 g/mol. The number of carbonyl (C=O) groups excluding carboxylic acids is 6. The molecule has 69 heavy (non-hydrogen) atoms. The van der Waals surface area contributed by atoms with Gasteiger partial charge in [0, 0.05) is 22.3 Å². The minimum absolute atomic E-state index is 0.123. The van der Waals surface area contributed by atoms with E-state index >= 15 is 9.59 Å². The number of rotatable bonds is 2. The lowest BCUT2D eigenvalue weighted by molar-refractivity contribution is -0.323. The number of phenolic OH excluding ortho intramolecular Hbond substituents is 11. The maximum absolute atomic E-state index is 15.6. The van der Waals surface area contributed by atoms with Crippen LogP contribution >= 0.6 is 0 Å². The first-order chi connectivity index (χ1) is 32.3. The standard InChI is InChI=1S/C42H28O27/c43-14-1-8(2-15(44)25(14)50)36(57)66-39-33-32-30-18(64-39)7-63-37(58)10-4-16(45)26(51)28(53)20(10)9-3-13(24(49)29(54)23(9)48)35(56)40(67-30,68-32)34(55)12-6-19(47)41(60,61)42(62)22(12)21-11(38(59)65-33)5-17(46)27(52)31(21)69-42/h1-6,18,22,30,32-33,39,43-46,48-54,60-62H,7H2/t18-,22+,30+,32+,33-,39+,40-,42-/m1/s1. The number of fused-ring (bicyclic) bond motifs is 4. The van der Waals surface area contributed by atoms with Gasteiger partial charge in [0.25, 0.3) is 11.6 Å². The number of benzene rings is 4. The van der Waals surface area contributed by atoms with E-state index in [4.69, 9.17) is 33.2 Å². The Balaban J connectivity index is 1.27. The number of phenols is 11. The van der Waals surface area contributed by atoms with Crippen molar-refractivity contribution in [2.24, 2.45) is 0 Å². The van der Waals surface area contributed by atoms with Crippen LogP contribution in [0.2, 0.25) is 0 Å². The summed E-state index contributed by atoms with van der Waals surface area (Å²) in [5.41, 5.74) is -8.41. The molecule has 5 heterocycles. The molecule has 0 aromatic heterocycles. The molecule has 14 N–H and O–H groups in total. The van der Waals surface area contributed by atoms with E-state index in [1.54, 1.807) is 0 Å². The quantitative estimate of drug-likeness (QED) is 0.0365. The van der Waals surface area contributed by atoms with Crippen molar-refractivity contribution in [2.75, 3.05) is 6.61 Å². The lowest BCUT2D eigenvalue weighted by Gasteiger charge is -2.42. The van der Waals surface area contributed by atoms with Crippen molar-refractivity contribution in [3.05, 3.63) is 69.8 Å². The number of ketones is 3. The van der Waals surface area contributed by atoms with Gasteiger partial charge in [0.2, 0.25) is 40.9 Å². The summed E-state index contributed by atoms with van der Waals surface area (Å²) in [5, 5.41) is 152. The van der Waals surface area contributed by atoms with Gasteiger partial charge in [-0.3, -0.25) is 14.4 Å². The Hall–Kier alpha value is -8.60. The summed E-state index contributed by atoms with van der Waals surface area (Å²) in [6.07, 6.45) is -11.3. The molecule has 2 fully saturated rings. The van der Waals surface area contributed by atoms with Crippen molar-refractivity contribution < 1.29 is 133 Å². The zero-order valence-corrected chi connectivity index (χ0v) is 33.7. The van der Waals surface area contributed by atoms with Gasteiger partial charge in [0.1, 0.15) is 24.9 Å². The van der Waals surface area contributed by atoms with Crippen LogP contribution in [0.4, 0.5) is 0 Å². The number of Topliss-reactive ketones (excluding diaryl/α,β-unsaturated/α-hetero) is 2. The number of esters is 3. The Kier molecular flexibility index (Phi) is 9.11. The van der Waals surface area contributed by atoms with Gasteiger partial charge >= 0.3 is 23.7 Å². The van der Waals surface area contributed by atoms with Gasteiger partial charge in [-0.05, 0) is 36.4 Å². The van der Waals surface area contributed by atoms with Crippen LogP contribution in [0.15, 0.2) is 42.0 Å². The summed E-state index contributed by atoms with van der Waals surface area (Å²) in [6.45, 7) is -1.21. The molecule has 4 aromatic rings. The molecule has 1 spiro atoms. The van der Waals surface area contributed by atoms with Crippen LogP contribution in [-0.4, -0.2) is 161 Å². The number of carbonyl (C=O) groups is 6. The van der Waals surface area contributed by atoms with Gasteiger partial charge in [-0.25, -0.2) is 14.4 Å². The maximum atomic E-state index is 15.6. The highest BCUT2D eigenvalue weighted by Gasteiger charge is 2.74. The van der Waals surface area contributed by atoms with Crippen molar-refractivity contribution >= 4 is 35.3 Å². The third-order valence-electron chi connectivity index (χ3n) is 12.3. The molecular weight excluding hydrogens is 936 g/mol. The number of hydrogen-bond acceptors (Lipinski definition) is 27. The van der Waals surface area contributed by atoms with Gasteiger partial charge < -0.3 is 105 Å². The first kappa shape index (κ1) is 44.2. The highest BCUT2D eigenvalue weighted by atomic mass is 16.8. The lowest BCUT2D eigenvalue weighted by atomic mass is 9.71. The van der Waals surface area contributed by atoms with Crippen LogP contribution in [0.3, 0.4) is 0 Å². The molecule has 4 aromatic carbocycles. The molecular formula is C42H28O27. The molecule has 5 bridgehead atoms. The number of ether oxygens (including phenoxy) is 7. The Morgan fingerprint density at radius 3 is 1.90 bits per heavy atom. The first-order valence-corrected chi connectivity index (χ1v) is 19.6. The summed E-state index contributed by atoms with van der Waals surface area (Å²) >= 11 is 0. The van der Waals surface area contributed by atoms with Crippen molar-refractivity contribution in [3.63, 3.8) is 0 Å². The smallest absolute Gasteiger partial charge is 0.340 e. The fraction of sp³-hybridized carbons (Fsp3) is 0.238. The topological polar surface area (TPSA) is 450 Å². The summed E-state index contributed by atoms with van der Waals surface area (Å²) in [6, 6.07) is 2.50. The van der Waals surface area contributed by atoms with Gasteiger partial charge in [0.05, 0.1) is 28.2 Å². The first-order valence-electron chi connectivity index (χ1n) is 19.6. The average Bonchev–Trinajstić information content (AvgIpc) is 3.87.